The maximum atomic E-state index is 11.9. The lowest BCUT2D eigenvalue weighted by Gasteiger charge is -2.11. The van der Waals surface area contributed by atoms with Gasteiger partial charge in [0.25, 0.3) is 0 Å². The second-order valence-electron chi connectivity index (χ2n) is 4.81. The molecule has 0 saturated heterocycles. The molecule has 6 heteroatoms. The minimum atomic E-state index is -0.404. The summed E-state index contributed by atoms with van der Waals surface area (Å²) in [7, 11) is 3.33. The number of hydrogen-bond donors (Lipinski definition) is 0. The Morgan fingerprint density at radius 2 is 2.14 bits per heavy atom. The Kier molecular flexibility index (Phi) is 5.41. The van der Waals surface area contributed by atoms with Crippen LogP contribution in [-0.4, -0.2) is 29.5 Å². The molecule has 1 heterocycles. The number of benzene rings is 1. The molecular weight excluding hydrogens is 284 g/mol. The van der Waals surface area contributed by atoms with Crippen LogP contribution >= 0.6 is 0 Å². The average Bonchev–Trinajstić information content (AvgIpc) is 2.97. The van der Waals surface area contributed by atoms with Crippen molar-refractivity contribution in [3.63, 3.8) is 0 Å². The smallest absolute Gasteiger partial charge is 0.341 e. The lowest BCUT2D eigenvalue weighted by Crippen LogP contribution is -2.05. The van der Waals surface area contributed by atoms with E-state index in [0.29, 0.717) is 23.7 Å². The molecule has 0 saturated carbocycles. The van der Waals surface area contributed by atoms with E-state index in [-0.39, 0.29) is 6.61 Å². The summed E-state index contributed by atoms with van der Waals surface area (Å²) in [6.45, 7) is 2.84. The molecule has 118 valence electrons. The Hall–Kier alpha value is -2.50. The minimum absolute atomic E-state index is 0.165. The van der Waals surface area contributed by atoms with Gasteiger partial charge in [-0.2, -0.15) is 5.10 Å². The molecule has 0 radical (unpaired) electrons. The number of methoxy groups -OCH3 is 1. The highest BCUT2D eigenvalue weighted by molar-refractivity contribution is 5.88. The third-order valence-corrected chi connectivity index (χ3v) is 3.00. The fourth-order valence-electron chi connectivity index (χ4n) is 1.89. The maximum Gasteiger partial charge on any atom is 0.341 e. The van der Waals surface area contributed by atoms with Gasteiger partial charge in [0.2, 0.25) is 0 Å². The van der Waals surface area contributed by atoms with Crippen LogP contribution in [0.4, 0.5) is 0 Å². The van der Waals surface area contributed by atoms with Gasteiger partial charge in [-0.25, -0.2) is 4.79 Å². The van der Waals surface area contributed by atoms with Crippen molar-refractivity contribution in [3.8, 4) is 11.5 Å². The Balaban J connectivity index is 1.99. The zero-order chi connectivity index (χ0) is 15.9. The second kappa shape index (κ2) is 7.49. The van der Waals surface area contributed by atoms with E-state index in [9.17, 15) is 4.79 Å². The fourth-order valence-corrected chi connectivity index (χ4v) is 1.89. The van der Waals surface area contributed by atoms with Gasteiger partial charge in [-0.05, 0) is 24.1 Å². The van der Waals surface area contributed by atoms with Crippen molar-refractivity contribution in [2.24, 2.45) is 7.05 Å². The van der Waals surface area contributed by atoms with E-state index in [1.165, 1.54) is 6.20 Å². The zero-order valence-electron chi connectivity index (χ0n) is 13.0. The van der Waals surface area contributed by atoms with Gasteiger partial charge in [-0.15, -0.1) is 0 Å². The summed E-state index contributed by atoms with van der Waals surface area (Å²) in [5, 5.41) is 3.94. The number of hydrogen-bond acceptors (Lipinski definition) is 5. The molecule has 2 aromatic rings. The summed E-state index contributed by atoms with van der Waals surface area (Å²) in [6, 6.07) is 5.48. The summed E-state index contributed by atoms with van der Waals surface area (Å²) in [5.74, 6) is 0.911. The van der Waals surface area contributed by atoms with E-state index in [0.717, 1.165) is 12.0 Å². The number of aryl methyl sites for hydroxylation is 1. The summed E-state index contributed by atoms with van der Waals surface area (Å²) < 4.78 is 17.7. The lowest BCUT2D eigenvalue weighted by molar-refractivity contribution is 0.0472. The second-order valence-corrected chi connectivity index (χ2v) is 4.81. The normalized spacial score (nSPS) is 10.3. The molecule has 2 rings (SSSR count). The Morgan fingerprint density at radius 3 is 2.77 bits per heavy atom. The molecule has 1 aromatic carbocycles. The Morgan fingerprint density at radius 1 is 1.32 bits per heavy atom. The van der Waals surface area contributed by atoms with Crippen LogP contribution in [0.2, 0.25) is 0 Å². The van der Waals surface area contributed by atoms with Crippen LogP contribution in [0.3, 0.4) is 0 Å². The highest BCUT2D eigenvalue weighted by atomic mass is 16.5. The summed E-state index contributed by atoms with van der Waals surface area (Å²) >= 11 is 0. The number of carbonyl (C=O) groups is 1. The molecule has 0 unspecified atom stereocenters. The molecule has 0 atom stereocenters. The van der Waals surface area contributed by atoms with Crippen molar-refractivity contribution < 1.29 is 19.0 Å². The molecule has 0 bridgehead atoms. The van der Waals surface area contributed by atoms with E-state index in [2.05, 4.69) is 5.10 Å². The molecule has 0 fully saturated rings. The first kappa shape index (κ1) is 15.9. The van der Waals surface area contributed by atoms with Crippen LogP contribution in [-0.2, 0) is 18.4 Å². The zero-order valence-corrected chi connectivity index (χ0v) is 13.0. The number of nitrogens with zero attached hydrogens (tertiary/aromatic N) is 2. The van der Waals surface area contributed by atoms with E-state index >= 15 is 0 Å². The molecule has 6 nitrogen and oxygen atoms in total. The van der Waals surface area contributed by atoms with Crippen LogP contribution in [0, 0.1) is 0 Å². The highest BCUT2D eigenvalue weighted by Crippen LogP contribution is 2.28. The number of rotatable bonds is 7. The number of ether oxygens (including phenoxy) is 3. The first-order chi connectivity index (χ1) is 10.6. The van der Waals surface area contributed by atoms with Gasteiger partial charge < -0.3 is 14.2 Å². The summed E-state index contributed by atoms with van der Waals surface area (Å²) in [4.78, 5) is 11.9. The quantitative estimate of drug-likeness (QED) is 0.736. The van der Waals surface area contributed by atoms with Crippen LogP contribution in [0.15, 0.2) is 30.6 Å². The van der Waals surface area contributed by atoms with Gasteiger partial charge in [0.1, 0.15) is 6.61 Å². The third kappa shape index (κ3) is 4.00. The SMILES string of the molecule is CCCOc1ccc(COC(=O)c2cnn(C)c2)cc1OC. The first-order valence-electron chi connectivity index (χ1n) is 7.09. The first-order valence-corrected chi connectivity index (χ1v) is 7.09. The predicted molar refractivity (Wildman–Crippen MR) is 81.1 cm³/mol. The summed E-state index contributed by atoms with van der Waals surface area (Å²) in [6.07, 6.45) is 4.02. The van der Waals surface area contributed by atoms with Gasteiger partial charge in [-0.1, -0.05) is 13.0 Å². The maximum absolute atomic E-state index is 11.9. The molecule has 0 aliphatic carbocycles. The van der Waals surface area contributed by atoms with Crippen LogP contribution in [0.25, 0.3) is 0 Å². The van der Waals surface area contributed by atoms with Gasteiger partial charge in [0.15, 0.2) is 11.5 Å². The summed E-state index contributed by atoms with van der Waals surface area (Å²) in [5.41, 5.74) is 1.26. The van der Waals surface area contributed by atoms with Gasteiger partial charge >= 0.3 is 5.97 Å². The topological polar surface area (TPSA) is 62.6 Å². The number of aromatic nitrogens is 2. The lowest BCUT2D eigenvalue weighted by atomic mass is 10.2. The third-order valence-electron chi connectivity index (χ3n) is 3.00. The molecule has 0 spiro atoms. The van der Waals surface area contributed by atoms with Crippen LogP contribution in [0.1, 0.15) is 29.3 Å². The number of esters is 1. The minimum Gasteiger partial charge on any atom is -0.493 e. The standard InChI is InChI=1S/C16H20N2O4/c1-4-7-21-14-6-5-12(8-15(14)20-3)11-22-16(19)13-9-17-18(2)10-13/h5-6,8-10H,4,7,11H2,1-3H3. The van der Waals surface area contributed by atoms with Gasteiger partial charge in [-0.3, -0.25) is 4.68 Å². The van der Waals surface area contributed by atoms with Crippen molar-refractivity contribution >= 4 is 5.97 Å². The molecule has 0 aliphatic heterocycles. The Bertz CT molecular complexity index is 637. The molecule has 1 aromatic heterocycles. The van der Waals surface area contributed by atoms with E-state index in [4.69, 9.17) is 14.2 Å². The molecule has 0 aliphatic rings. The Labute approximate surface area is 129 Å². The van der Waals surface area contributed by atoms with Crippen molar-refractivity contribution in [3.05, 3.63) is 41.7 Å². The van der Waals surface area contributed by atoms with Crippen LogP contribution < -0.4 is 9.47 Å². The number of carbonyl (C=O) groups excluding carboxylic acids is 1. The van der Waals surface area contributed by atoms with Crippen molar-refractivity contribution in [2.45, 2.75) is 20.0 Å². The monoisotopic (exact) mass is 304 g/mol. The van der Waals surface area contributed by atoms with Gasteiger partial charge in [0, 0.05) is 13.2 Å². The molecular formula is C16H20N2O4. The highest BCUT2D eigenvalue weighted by Gasteiger charge is 2.11. The largest absolute Gasteiger partial charge is 0.493 e. The van der Waals surface area contributed by atoms with E-state index < -0.39 is 5.97 Å². The van der Waals surface area contributed by atoms with Crippen molar-refractivity contribution in [1.82, 2.24) is 9.78 Å². The van der Waals surface area contributed by atoms with Gasteiger partial charge in [0.05, 0.1) is 25.5 Å². The molecule has 22 heavy (non-hydrogen) atoms. The average molecular weight is 304 g/mol. The molecule has 0 N–H and O–H groups in total. The van der Waals surface area contributed by atoms with E-state index in [1.807, 2.05) is 25.1 Å². The molecule has 0 amide bonds. The fraction of sp³-hybridized carbons (Fsp3) is 0.375. The van der Waals surface area contributed by atoms with Crippen LogP contribution in [0.5, 0.6) is 11.5 Å². The van der Waals surface area contributed by atoms with Crippen molar-refractivity contribution in [1.29, 1.82) is 0 Å². The van der Waals surface area contributed by atoms with E-state index in [1.54, 1.807) is 25.0 Å². The van der Waals surface area contributed by atoms with Crippen molar-refractivity contribution in [2.75, 3.05) is 13.7 Å². The predicted octanol–water partition coefficient (Wildman–Crippen LogP) is 2.57.